The Morgan fingerprint density at radius 1 is 1.23 bits per heavy atom. The summed E-state index contributed by atoms with van der Waals surface area (Å²) in [5, 5.41) is 8.98. The first-order valence-corrected chi connectivity index (χ1v) is 10.1. The van der Waals surface area contributed by atoms with Gasteiger partial charge in [-0.05, 0) is 42.9 Å². The predicted octanol–water partition coefficient (Wildman–Crippen LogP) is 3.33. The number of nitrogens with zero attached hydrogens (tertiary/aromatic N) is 3. The molecular formula is C19H22N5S2+. The Balaban J connectivity index is 1.49. The van der Waals surface area contributed by atoms with Gasteiger partial charge >= 0.3 is 0 Å². The Morgan fingerprint density at radius 2 is 2.00 bits per heavy atom. The number of hydrogen-bond acceptors (Lipinski definition) is 5. The van der Waals surface area contributed by atoms with E-state index >= 15 is 0 Å². The molecule has 0 aliphatic heterocycles. The SMILES string of the molecule is Cc1ccccc1Nc1nn(C[NH+](Cc2ccncc2)C2CC2)c(=S)s1. The lowest BCUT2D eigenvalue weighted by Gasteiger charge is -2.18. The van der Waals surface area contributed by atoms with Gasteiger partial charge in [0, 0.05) is 36.5 Å². The summed E-state index contributed by atoms with van der Waals surface area (Å²) in [5.41, 5.74) is 3.58. The average Bonchev–Trinajstić information content (AvgIpc) is 3.43. The number of anilines is 2. The summed E-state index contributed by atoms with van der Waals surface area (Å²) >= 11 is 7.10. The van der Waals surface area contributed by atoms with E-state index in [2.05, 4.69) is 41.5 Å². The second kappa shape index (κ2) is 7.65. The number of hydrogen-bond donors (Lipinski definition) is 2. The molecule has 7 heteroatoms. The third-order valence-electron chi connectivity index (χ3n) is 4.68. The monoisotopic (exact) mass is 384 g/mol. The van der Waals surface area contributed by atoms with Crippen LogP contribution in [0.15, 0.2) is 48.8 Å². The van der Waals surface area contributed by atoms with Crippen molar-refractivity contribution >= 4 is 34.4 Å². The fourth-order valence-electron chi connectivity index (χ4n) is 3.06. The molecule has 4 rings (SSSR count). The smallest absolute Gasteiger partial charge is 0.209 e. The van der Waals surface area contributed by atoms with Crippen LogP contribution in [-0.2, 0) is 13.2 Å². The maximum Gasteiger partial charge on any atom is 0.209 e. The number of aryl methyl sites for hydroxylation is 1. The Bertz CT molecular complexity index is 930. The van der Waals surface area contributed by atoms with Crippen molar-refractivity contribution in [3.63, 3.8) is 0 Å². The van der Waals surface area contributed by atoms with Gasteiger partial charge in [-0.2, -0.15) is 4.68 Å². The number of para-hydroxylation sites is 1. The topological polar surface area (TPSA) is 47.2 Å². The van der Waals surface area contributed by atoms with E-state index in [0.29, 0.717) is 6.04 Å². The van der Waals surface area contributed by atoms with Crippen LogP contribution in [0, 0.1) is 10.9 Å². The van der Waals surface area contributed by atoms with Crippen LogP contribution in [0.25, 0.3) is 0 Å². The summed E-state index contributed by atoms with van der Waals surface area (Å²) in [6.07, 6.45) is 6.29. The maximum atomic E-state index is 5.57. The summed E-state index contributed by atoms with van der Waals surface area (Å²) in [6, 6.07) is 13.1. The van der Waals surface area contributed by atoms with Gasteiger partial charge in [0.05, 0.1) is 6.04 Å². The maximum absolute atomic E-state index is 5.57. The van der Waals surface area contributed by atoms with Crippen LogP contribution in [0.2, 0.25) is 0 Å². The first kappa shape index (κ1) is 17.3. The molecule has 134 valence electrons. The van der Waals surface area contributed by atoms with Crippen molar-refractivity contribution in [1.29, 1.82) is 0 Å². The number of aromatic nitrogens is 3. The second-order valence-corrected chi connectivity index (χ2v) is 8.36. The highest BCUT2D eigenvalue weighted by Crippen LogP contribution is 2.23. The third kappa shape index (κ3) is 4.17. The van der Waals surface area contributed by atoms with Crippen LogP contribution < -0.4 is 10.2 Å². The van der Waals surface area contributed by atoms with Crippen molar-refractivity contribution in [3.8, 4) is 0 Å². The van der Waals surface area contributed by atoms with Crippen LogP contribution >= 0.6 is 23.6 Å². The molecule has 0 bridgehead atoms. The molecule has 1 aromatic carbocycles. The second-order valence-electron chi connectivity index (χ2n) is 6.74. The number of rotatable bonds is 7. The molecule has 1 aliphatic rings. The van der Waals surface area contributed by atoms with Crippen LogP contribution in [0.1, 0.15) is 24.0 Å². The molecule has 3 aromatic rings. The van der Waals surface area contributed by atoms with Gasteiger partial charge in [-0.3, -0.25) is 4.98 Å². The van der Waals surface area contributed by atoms with Crippen LogP contribution in [0.5, 0.6) is 0 Å². The van der Waals surface area contributed by atoms with E-state index in [9.17, 15) is 0 Å². The normalized spacial score (nSPS) is 15.0. The highest BCUT2D eigenvalue weighted by molar-refractivity contribution is 7.73. The number of nitrogens with one attached hydrogen (secondary N) is 2. The Labute approximate surface area is 162 Å². The van der Waals surface area contributed by atoms with Gasteiger partial charge < -0.3 is 10.2 Å². The molecule has 0 radical (unpaired) electrons. The van der Waals surface area contributed by atoms with Gasteiger partial charge in [-0.1, -0.05) is 29.5 Å². The quantitative estimate of drug-likeness (QED) is 0.614. The summed E-state index contributed by atoms with van der Waals surface area (Å²) < 4.78 is 2.78. The van der Waals surface area contributed by atoms with Crippen molar-refractivity contribution in [3.05, 3.63) is 63.9 Å². The van der Waals surface area contributed by atoms with E-state index in [0.717, 1.165) is 28.0 Å². The summed E-state index contributed by atoms with van der Waals surface area (Å²) in [4.78, 5) is 5.63. The standard InChI is InChI=1S/C19H21N5S2/c1-14-4-2-3-5-17(14)21-18-22-24(19(25)26-18)13-23(16-6-7-16)12-15-8-10-20-11-9-15/h2-5,8-11,16H,6-7,12-13H2,1H3,(H,21,22)/p+1. The van der Waals surface area contributed by atoms with E-state index < -0.39 is 0 Å². The molecular weight excluding hydrogens is 362 g/mol. The van der Waals surface area contributed by atoms with Gasteiger partial charge in [-0.15, -0.1) is 5.10 Å². The Morgan fingerprint density at radius 3 is 2.73 bits per heavy atom. The lowest BCUT2D eigenvalue weighted by Crippen LogP contribution is -3.11. The molecule has 0 saturated heterocycles. The lowest BCUT2D eigenvalue weighted by atomic mass is 10.2. The molecule has 1 fully saturated rings. The summed E-state index contributed by atoms with van der Waals surface area (Å²) in [7, 11) is 0. The zero-order chi connectivity index (χ0) is 17.9. The predicted molar refractivity (Wildman–Crippen MR) is 107 cm³/mol. The molecule has 1 unspecified atom stereocenters. The van der Waals surface area contributed by atoms with Gasteiger partial charge in [0.15, 0.2) is 10.6 Å². The number of quaternary nitrogens is 1. The third-order valence-corrected chi connectivity index (χ3v) is 5.90. The molecule has 26 heavy (non-hydrogen) atoms. The van der Waals surface area contributed by atoms with Crippen molar-refractivity contribution in [2.45, 2.75) is 39.0 Å². The van der Waals surface area contributed by atoms with Crippen molar-refractivity contribution in [1.82, 2.24) is 14.8 Å². The van der Waals surface area contributed by atoms with Crippen molar-refractivity contribution in [2.75, 3.05) is 5.32 Å². The van der Waals surface area contributed by atoms with E-state index in [1.807, 2.05) is 29.2 Å². The van der Waals surface area contributed by atoms with E-state index in [1.54, 1.807) is 0 Å². The minimum atomic E-state index is 0.708. The van der Waals surface area contributed by atoms with Gasteiger partial charge in [0.1, 0.15) is 6.54 Å². The van der Waals surface area contributed by atoms with E-state index in [4.69, 9.17) is 17.3 Å². The van der Waals surface area contributed by atoms with E-state index in [-0.39, 0.29) is 0 Å². The van der Waals surface area contributed by atoms with Crippen LogP contribution in [0.4, 0.5) is 10.8 Å². The van der Waals surface area contributed by atoms with Gasteiger partial charge in [0.25, 0.3) is 0 Å². The molecule has 1 aliphatic carbocycles. The van der Waals surface area contributed by atoms with Gasteiger partial charge in [-0.25, -0.2) is 0 Å². The fourth-order valence-corrected chi connectivity index (χ4v) is 4.08. The minimum Gasteiger partial charge on any atom is -0.330 e. The zero-order valence-corrected chi connectivity index (χ0v) is 16.3. The van der Waals surface area contributed by atoms with Crippen LogP contribution in [0.3, 0.4) is 0 Å². The van der Waals surface area contributed by atoms with E-state index in [1.165, 1.54) is 40.2 Å². The highest BCUT2D eigenvalue weighted by Gasteiger charge is 2.33. The highest BCUT2D eigenvalue weighted by atomic mass is 32.1. The molecule has 5 nitrogen and oxygen atoms in total. The van der Waals surface area contributed by atoms with Gasteiger partial charge in [0.2, 0.25) is 5.13 Å². The zero-order valence-electron chi connectivity index (χ0n) is 14.7. The summed E-state index contributed by atoms with van der Waals surface area (Å²) in [6.45, 7) is 3.87. The molecule has 1 saturated carbocycles. The minimum absolute atomic E-state index is 0.708. The van der Waals surface area contributed by atoms with Crippen molar-refractivity contribution < 1.29 is 4.90 Å². The first-order chi connectivity index (χ1) is 12.7. The first-order valence-electron chi connectivity index (χ1n) is 8.83. The Kier molecular flexibility index (Phi) is 5.10. The number of pyridine rings is 1. The van der Waals surface area contributed by atoms with Crippen LogP contribution in [-0.4, -0.2) is 20.8 Å². The molecule has 2 aromatic heterocycles. The van der Waals surface area contributed by atoms with Crippen molar-refractivity contribution in [2.24, 2.45) is 0 Å². The molecule has 2 heterocycles. The molecule has 1 atom stereocenters. The molecule has 0 spiro atoms. The largest absolute Gasteiger partial charge is 0.330 e. The lowest BCUT2D eigenvalue weighted by molar-refractivity contribution is -0.947. The molecule has 2 N–H and O–H groups in total. The summed E-state index contributed by atoms with van der Waals surface area (Å²) in [5.74, 6) is 0. The number of benzene rings is 1. The Hall–Kier alpha value is -2.09. The molecule has 0 amide bonds. The average molecular weight is 385 g/mol. The fraction of sp³-hybridized carbons (Fsp3) is 0.316.